The molecule has 2 rings (SSSR count). The topological polar surface area (TPSA) is 27.8 Å². The highest BCUT2D eigenvalue weighted by atomic mass is 19.1. The summed E-state index contributed by atoms with van der Waals surface area (Å²) >= 11 is 0. The van der Waals surface area contributed by atoms with Crippen molar-refractivity contribution in [2.24, 2.45) is 5.92 Å². The minimum Gasteiger partial charge on any atom is -0.361 e. The number of nitrogens with one attached hydrogen (secondary N) is 2. The highest BCUT2D eigenvalue weighted by Gasteiger charge is 2.11. The van der Waals surface area contributed by atoms with Crippen LogP contribution >= 0.6 is 0 Å². The third-order valence-corrected chi connectivity index (χ3v) is 4.19. The predicted octanol–water partition coefficient (Wildman–Crippen LogP) is 4.26. The average molecular weight is 276 g/mol. The second-order valence-corrected chi connectivity index (χ2v) is 5.76. The van der Waals surface area contributed by atoms with E-state index in [2.05, 4.69) is 31.1 Å². The fourth-order valence-corrected chi connectivity index (χ4v) is 2.71. The van der Waals surface area contributed by atoms with Crippen LogP contribution in [0.5, 0.6) is 0 Å². The van der Waals surface area contributed by atoms with Crippen molar-refractivity contribution in [3.63, 3.8) is 0 Å². The van der Waals surface area contributed by atoms with E-state index in [1.807, 2.05) is 12.3 Å². The number of aromatic nitrogens is 1. The van der Waals surface area contributed by atoms with E-state index in [4.69, 9.17) is 0 Å². The molecule has 0 aliphatic rings. The summed E-state index contributed by atoms with van der Waals surface area (Å²) in [5.74, 6) is 0.517. The molecule has 0 bridgehead atoms. The SMILES string of the molecule is CCC[C@@H](C)[C@H](C)NCCc1c[nH]c2cc(F)ccc12. The maximum atomic E-state index is 13.1. The Bertz CT molecular complexity index is 547. The maximum absolute atomic E-state index is 13.1. The van der Waals surface area contributed by atoms with Crippen LogP contribution in [0, 0.1) is 11.7 Å². The number of hydrogen-bond acceptors (Lipinski definition) is 1. The van der Waals surface area contributed by atoms with Crippen molar-refractivity contribution in [1.29, 1.82) is 0 Å². The largest absolute Gasteiger partial charge is 0.361 e. The molecule has 1 aromatic heterocycles. The molecule has 110 valence electrons. The number of rotatable bonds is 7. The Balaban J connectivity index is 1.90. The second kappa shape index (κ2) is 6.89. The Morgan fingerprint density at radius 1 is 1.30 bits per heavy atom. The Morgan fingerprint density at radius 3 is 2.85 bits per heavy atom. The molecule has 2 atom stereocenters. The predicted molar refractivity (Wildman–Crippen MR) is 83.5 cm³/mol. The van der Waals surface area contributed by atoms with Crippen molar-refractivity contribution >= 4 is 10.9 Å². The summed E-state index contributed by atoms with van der Waals surface area (Å²) in [5.41, 5.74) is 2.13. The quantitative estimate of drug-likeness (QED) is 0.777. The van der Waals surface area contributed by atoms with Crippen LogP contribution in [0.15, 0.2) is 24.4 Å². The smallest absolute Gasteiger partial charge is 0.125 e. The zero-order chi connectivity index (χ0) is 14.5. The highest BCUT2D eigenvalue weighted by molar-refractivity contribution is 5.83. The summed E-state index contributed by atoms with van der Waals surface area (Å²) in [4.78, 5) is 3.14. The van der Waals surface area contributed by atoms with Gasteiger partial charge in [0.2, 0.25) is 0 Å². The molecule has 1 heterocycles. The van der Waals surface area contributed by atoms with E-state index in [0.717, 1.165) is 23.9 Å². The van der Waals surface area contributed by atoms with Gasteiger partial charge in [-0.3, -0.25) is 0 Å². The number of aromatic amines is 1. The van der Waals surface area contributed by atoms with Crippen LogP contribution in [0.2, 0.25) is 0 Å². The van der Waals surface area contributed by atoms with Gasteiger partial charge in [0, 0.05) is 23.1 Å². The summed E-state index contributed by atoms with van der Waals surface area (Å²) in [6.45, 7) is 7.74. The molecule has 2 N–H and O–H groups in total. The van der Waals surface area contributed by atoms with Gasteiger partial charge >= 0.3 is 0 Å². The lowest BCUT2D eigenvalue weighted by Crippen LogP contribution is -2.33. The Kier molecular flexibility index (Phi) is 5.18. The summed E-state index contributed by atoms with van der Waals surface area (Å²) in [5, 5.41) is 4.72. The number of benzene rings is 1. The van der Waals surface area contributed by atoms with Gasteiger partial charge in [0.1, 0.15) is 5.82 Å². The van der Waals surface area contributed by atoms with E-state index < -0.39 is 0 Å². The maximum Gasteiger partial charge on any atom is 0.125 e. The van der Waals surface area contributed by atoms with Crippen LogP contribution in [-0.4, -0.2) is 17.6 Å². The third-order valence-electron chi connectivity index (χ3n) is 4.19. The Labute approximate surface area is 120 Å². The summed E-state index contributed by atoms with van der Waals surface area (Å²) in [6.07, 6.45) is 5.46. The zero-order valence-corrected chi connectivity index (χ0v) is 12.7. The van der Waals surface area contributed by atoms with Crippen LogP contribution in [-0.2, 0) is 6.42 Å². The molecule has 0 aliphatic heterocycles. The van der Waals surface area contributed by atoms with Crippen molar-refractivity contribution in [3.05, 3.63) is 35.8 Å². The van der Waals surface area contributed by atoms with Crippen molar-refractivity contribution in [2.75, 3.05) is 6.54 Å². The van der Waals surface area contributed by atoms with E-state index in [-0.39, 0.29) is 5.82 Å². The van der Waals surface area contributed by atoms with Crippen LogP contribution in [0.4, 0.5) is 4.39 Å². The van der Waals surface area contributed by atoms with Gasteiger partial charge in [-0.2, -0.15) is 0 Å². The van der Waals surface area contributed by atoms with E-state index in [1.54, 1.807) is 6.07 Å². The van der Waals surface area contributed by atoms with E-state index >= 15 is 0 Å². The molecular weight excluding hydrogens is 251 g/mol. The molecule has 0 radical (unpaired) electrons. The Morgan fingerprint density at radius 2 is 2.10 bits per heavy atom. The van der Waals surface area contributed by atoms with Crippen molar-refractivity contribution in [2.45, 2.75) is 46.1 Å². The van der Waals surface area contributed by atoms with Crippen LogP contribution in [0.3, 0.4) is 0 Å². The molecule has 0 spiro atoms. The molecular formula is C17H25FN2. The normalized spacial score (nSPS) is 14.6. The van der Waals surface area contributed by atoms with Crippen molar-refractivity contribution in [3.8, 4) is 0 Å². The molecule has 20 heavy (non-hydrogen) atoms. The minimum atomic E-state index is -0.189. The first kappa shape index (κ1) is 15.0. The fourth-order valence-electron chi connectivity index (χ4n) is 2.71. The van der Waals surface area contributed by atoms with E-state index in [1.165, 1.54) is 24.5 Å². The standard InChI is InChI=1S/C17H25FN2/c1-4-5-12(2)13(3)19-9-8-14-11-20-17-10-15(18)6-7-16(14)17/h6-7,10-13,19-20H,4-5,8-9H2,1-3H3/t12-,13+/m1/s1. The average Bonchev–Trinajstić information content (AvgIpc) is 2.81. The lowest BCUT2D eigenvalue weighted by Gasteiger charge is -2.20. The van der Waals surface area contributed by atoms with Gasteiger partial charge in [0.15, 0.2) is 0 Å². The summed E-state index contributed by atoms with van der Waals surface area (Å²) in [7, 11) is 0. The number of hydrogen-bond donors (Lipinski definition) is 2. The van der Waals surface area contributed by atoms with Crippen LogP contribution in [0.1, 0.15) is 39.2 Å². The van der Waals surface area contributed by atoms with Gasteiger partial charge in [-0.15, -0.1) is 0 Å². The van der Waals surface area contributed by atoms with Gasteiger partial charge in [-0.1, -0.05) is 20.3 Å². The lowest BCUT2D eigenvalue weighted by molar-refractivity contribution is 0.378. The Hall–Kier alpha value is -1.35. The lowest BCUT2D eigenvalue weighted by atomic mass is 9.98. The highest BCUT2D eigenvalue weighted by Crippen LogP contribution is 2.19. The van der Waals surface area contributed by atoms with Crippen molar-refractivity contribution < 1.29 is 4.39 Å². The molecule has 0 unspecified atom stereocenters. The van der Waals surface area contributed by atoms with Gasteiger partial charge in [-0.05, 0) is 56.0 Å². The molecule has 0 saturated carbocycles. The number of H-pyrrole nitrogens is 1. The third kappa shape index (κ3) is 3.60. The zero-order valence-electron chi connectivity index (χ0n) is 12.7. The number of fused-ring (bicyclic) bond motifs is 1. The molecule has 0 amide bonds. The number of halogens is 1. The second-order valence-electron chi connectivity index (χ2n) is 5.76. The molecule has 2 nitrogen and oxygen atoms in total. The molecule has 0 saturated heterocycles. The van der Waals surface area contributed by atoms with Crippen LogP contribution < -0.4 is 5.32 Å². The first-order valence-corrected chi connectivity index (χ1v) is 7.60. The monoisotopic (exact) mass is 276 g/mol. The van der Waals surface area contributed by atoms with Gasteiger partial charge in [0.25, 0.3) is 0 Å². The van der Waals surface area contributed by atoms with Crippen molar-refractivity contribution in [1.82, 2.24) is 10.3 Å². The van der Waals surface area contributed by atoms with Gasteiger partial charge in [0.05, 0.1) is 0 Å². The molecule has 2 aromatic rings. The van der Waals surface area contributed by atoms with Crippen LogP contribution in [0.25, 0.3) is 10.9 Å². The first-order chi connectivity index (χ1) is 9.61. The van der Waals surface area contributed by atoms with E-state index in [9.17, 15) is 4.39 Å². The summed E-state index contributed by atoms with van der Waals surface area (Å²) < 4.78 is 13.1. The minimum absolute atomic E-state index is 0.189. The molecule has 0 aliphatic carbocycles. The summed E-state index contributed by atoms with van der Waals surface area (Å²) in [6, 6.07) is 5.48. The van der Waals surface area contributed by atoms with Gasteiger partial charge in [-0.25, -0.2) is 4.39 Å². The molecule has 3 heteroatoms. The van der Waals surface area contributed by atoms with E-state index in [0.29, 0.717) is 12.0 Å². The molecule has 1 aromatic carbocycles. The van der Waals surface area contributed by atoms with Gasteiger partial charge < -0.3 is 10.3 Å². The fraction of sp³-hybridized carbons (Fsp3) is 0.529. The first-order valence-electron chi connectivity index (χ1n) is 7.60. The molecule has 0 fully saturated rings.